The molecule has 12 heteroatoms. The van der Waals surface area contributed by atoms with E-state index in [2.05, 4.69) is 10.4 Å². The third-order valence-corrected chi connectivity index (χ3v) is 5.73. The van der Waals surface area contributed by atoms with E-state index >= 15 is 0 Å². The number of nitrogens with one attached hydrogen (secondary N) is 1. The second-order valence-corrected chi connectivity index (χ2v) is 8.14. The molecule has 1 aromatic heterocycles. The fourth-order valence-corrected chi connectivity index (χ4v) is 3.93. The van der Waals surface area contributed by atoms with Crippen molar-refractivity contribution in [1.29, 1.82) is 0 Å². The van der Waals surface area contributed by atoms with Gasteiger partial charge in [0, 0.05) is 37.8 Å². The number of hydrogen-bond acceptors (Lipinski definition) is 4. The van der Waals surface area contributed by atoms with Crippen LogP contribution in [0.15, 0.2) is 53.3 Å². The topological polar surface area (TPSA) is 89.2 Å². The first-order valence-electron chi connectivity index (χ1n) is 10.7. The molecule has 3 aromatic rings. The summed E-state index contributed by atoms with van der Waals surface area (Å²) in [6, 6.07) is 10.0. The lowest BCUT2D eigenvalue weighted by atomic mass is 10.1. The Morgan fingerprint density at radius 3 is 2.60 bits per heavy atom. The van der Waals surface area contributed by atoms with Crippen molar-refractivity contribution in [1.82, 2.24) is 19.7 Å². The van der Waals surface area contributed by atoms with Gasteiger partial charge in [-0.3, -0.25) is 14.2 Å². The quantitative estimate of drug-likeness (QED) is 0.537. The lowest BCUT2D eigenvalue weighted by molar-refractivity contribution is -0.137. The third-order valence-electron chi connectivity index (χ3n) is 5.73. The zero-order valence-electron chi connectivity index (χ0n) is 18.6. The monoisotopic (exact) mass is 491 g/mol. The summed E-state index contributed by atoms with van der Waals surface area (Å²) in [7, 11) is 1.39. The highest BCUT2D eigenvalue weighted by Crippen LogP contribution is 2.31. The summed E-state index contributed by atoms with van der Waals surface area (Å²) in [4.78, 5) is 38.7. The van der Waals surface area contributed by atoms with Crippen molar-refractivity contribution in [2.75, 3.05) is 18.0 Å². The molecular formula is C23H21F4N5O3. The number of aromatic nitrogens is 3. The number of amides is 2. The van der Waals surface area contributed by atoms with Crippen LogP contribution in [0.4, 0.5) is 23.2 Å². The predicted molar refractivity (Wildman–Crippen MR) is 118 cm³/mol. The minimum atomic E-state index is -4.53. The Kier molecular flexibility index (Phi) is 6.46. The normalized spacial score (nSPS) is 16.1. The highest BCUT2D eigenvalue weighted by molar-refractivity contribution is 6.00. The number of nitrogens with zero attached hydrogens (tertiary/aromatic N) is 4. The van der Waals surface area contributed by atoms with Gasteiger partial charge in [0.2, 0.25) is 11.8 Å². The second-order valence-electron chi connectivity index (χ2n) is 8.14. The molecule has 2 amide bonds. The molecule has 4 rings (SSSR count). The second kappa shape index (κ2) is 9.35. The third kappa shape index (κ3) is 5.10. The molecular weight excluding hydrogens is 470 g/mol. The first-order chi connectivity index (χ1) is 16.5. The van der Waals surface area contributed by atoms with Crippen LogP contribution in [0.2, 0.25) is 0 Å². The fourth-order valence-electron chi connectivity index (χ4n) is 3.93. The van der Waals surface area contributed by atoms with Crippen molar-refractivity contribution >= 4 is 17.5 Å². The maximum absolute atomic E-state index is 13.5. The van der Waals surface area contributed by atoms with Gasteiger partial charge in [0.15, 0.2) is 5.82 Å². The van der Waals surface area contributed by atoms with E-state index in [0.717, 1.165) is 21.4 Å². The van der Waals surface area contributed by atoms with Crippen LogP contribution in [-0.2, 0) is 29.4 Å². The Hall–Kier alpha value is -3.96. The summed E-state index contributed by atoms with van der Waals surface area (Å²) >= 11 is 0. The van der Waals surface area contributed by atoms with Crippen molar-refractivity contribution in [3.8, 4) is 11.4 Å². The van der Waals surface area contributed by atoms with Gasteiger partial charge in [0.1, 0.15) is 5.82 Å². The highest BCUT2D eigenvalue weighted by atomic mass is 19.4. The van der Waals surface area contributed by atoms with Crippen LogP contribution in [0.5, 0.6) is 0 Å². The Labute approximate surface area is 196 Å². The van der Waals surface area contributed by atoms with E-state index in [1.165, 1.54) is 42.3 Å². The van der Waals surface area contributed by atoms with Gasteiger partial charge in [-0.05, 0) is 30.3 Å². The first-order valence-corrected chi connectivity index (χ1v) is 10.7. The maximum Gasteiger partial charge on any atom is 0.416 e. The molecule has 35 heavy (non-hydrogen) atoms. The number of halogens is 4. The summed E-state index contributed by atoms with van der Waals surface area (Å²) < 4.78 is 54.7. The number of anilines is 1. The van der Waals surface area contributed by atoms with Gasteiger partial charge in [-0.15, -0.1) is 5.10 Å². The molecule has 1 atom stereocenters. The van der Waals surface area contributed by atoms with Crippen molar-refractivity contribution in [3.63, 3.8) is 0 Å². The van der Waals surface area contributed by atoms with E-state index in [1.54, 1.807) is 6.07 Å². The summed E-state index contributed by atoms with van der Waals surface area (Å²) in [5.41, 5.74) is -0.917. The van der Waals surface area contributed by atoms with E-state index in [9.17, 15) is 31.9 Å². The van der Waals surface area contributed by atoms with E-state index in [-0.39, 0.29) is 43.4 Å². The minimum Gasteiger partial charge on any atom is -0.354 e. The molecule has 1 unspecified atom stereocenters. The Morgan fingerprint density at radius 1 is 1.14 bits per heavy atom. The van der Waals surface area contributed by atoms with Crippen molar-refractivity contribution < 1.29 is 27.2 Å². The van der Waals surface area contributed by atoms with Crippen molar-refractivity contribution in [2.24, 2.45) is 13.0 Å². The van der Waals surface area contributed by atoms with Gasteiger partial charge in [0.25, 0.3) is 0 Å². The molecule has 2 heterocycles. The molecule has 1 N–H and O–H groups in total. The van der Waals surface area contributed by atoms with Gasteiger partial charge >= 0.3 is 11.9 Å². The minimum absolute atomic E-state index is 0.0163. The zero-order chi connectivity index (χ0) is 25.3. The van der Waals surface area contributed by atoms with E-state index in [4.69, 9.17) is 0 Å². The van der Waals surface area contributed by atoms with Gasteiger partial charge in [-0.25, -0.2) is 13.9 Å². The van der Waals surface area contributed by atoms with Crippen LogP contribution in [0, 0.1) is 11.7 Å². The van der Waals surface area contributed by atoms with E-state index in [0.29, 0.717) is 5.69 Å². The van der Waals surface area contributed by atoms with Gasteiger partial charge < -0.3 is 10.2 Å². The number of alkyl halides is 3. The summed E-state index contributed by atoms with van der Waals surface area (Å²) in [5, 5.41) is 6.77. The molecule has 1 aliphatic rings. The zero-order valence-corrected chi connectivity index (χ0v) is 18.6. The molecule has 1 aliphatic heterocycles. The number of carbonyl (C=O) groups is 2. The average molecular weight is 491 g/mol. The number of rotatable bonds is 6. The summed E-state index contributed by atoms with van der Waals surface area (Å²) in [5.74, 6) is -1.79. The molecule has 0 bridgehead atoms. The van der Waals surface area contributed by atoms with Gasteiger partial charge in [-0.2, -0.15) is 13.2 Å². The molecule has 1 fully saturated rings. The van der Waals surface area contributed by atoms with E-state index < -0.39 is 35.1 Å². The highest BCUT2D eigenvalue weighted by Gasteiger charge is 2.35. The van der Waals surface area contributed by atoms with Gasteiger partial charge in [0.05, 0.1) is 18.0 Å². The Morgan fingerprint density at radius 2 is 1.89 bits per heavy atom. The summed E-state index contributed by atoms with van der Waals surface area (Å²) in [6.45, 7) is 0.0887. The number of hydrogen-bond donors (Lipinski definition) is 1. The standard InChI is InChI=1S/C23H21F4N5O3/c1-30-20(14-4-2-5-16(10-14)23(25,26)27)29-32(22(30)35)9-8-28-21(34)15-11-19(33)31(13-15)18-7-3-6-17(24)12-18/h2-7,10,12,15H,8-9,11,13H2,1H3,(H,28,34). The average Bonchev–Trinajstić information content (AvgIpc) is 3.34. The summed E-state index contributed by atoms with van der Waals surface area (Å²) in [6.07, 6.45) is -4.57. The number of benzene rings is 2. The largest absolute Gasteiger partial charge is 0.416 e. The fraction of sp³-hybridized carbons (Fsp3) is 0.304. The Balaban J connectivity index is 1.39. The van der Waals surface area contributed by atoms with Crippen molar-refractivity contribution in [2.45, 2.75) is 19.1 Å². The molecule has 184 valence electrons. The first kappa shape index (κ1) is 24.2. The Bertz CT molecular complexity index is 1330. The molecule has 0 saturated carbocycles. The van der Waals surface area contributed by atoms with Crippen molar-refractivity contribution in [3.05, 3.63) is 70.4 Å². The van der Waals surface area contributed by atoms with Crippen LogP contribution in [0.25, 0.3) is 11.4 Å². The number of carbonyl (C=O) groups excluding carboxylic acids is 2. The van der Waals surface area contributed by atoms with E-state index in [1.807, 2.05) is 0 Å². The molecule has 0 spiro atoms. The maximum atomic E-state index is 13.5. The van der Waals surface area contributed by atoms with Crippen LogP contribution >= 0.6 is 0 Å². The SMILES string of the molecule is Cn1c(-c2cccc(C(F)(F)F)c2)nn(CCNC(=O)C2CC(=O)N(c3cccc(F)c3)C2)c1=O. The van der Waals surface area contributed by atoms with Crippen LogP contribution in [-0.4, -0.2) is 39.3 Å². The smallest absolute Gasteiger partial charge is 0.354 e. The molecule has 2 aromatic carbocycles. The lowest BCUT2D eigenvalue weighted by Gasteiger charge is -2.16. The van der Waals surface area contributed by atoms with Crippen LogP contribution in [0.3, 0.4) is 0 Å². The molecule has 0 radical (unpaired) electrons. The van der Waals surface area contributed by atoms with Crippen LogP contribution < -0.4 is 15.9 Å². The molecule has 8 nitrogen and oxygen atoms in total. The predicted octanol–water partition coefficient (Wildman–Crippen LogP) is 2.58. The van der Waals surface area contributed by atoms with Crippen LogP contribution in [0.1, 0.15) is 12.0 Å². The lowest BCUT2D eigenvalue weighted by Crippen LogP contribution is -2.36. The molecule has 0 aliphatic carbocycles. The molecule has 1 saturated heterocycles. The van der Waals surface area contributed by atoms with Gasteiger partial charge in [-0.1, -0.05) is 18.2 Å².